The average molecular weight is 380 g/mol. The van der Waals surface area contributed by atoms with Gasteiger partial charge in [0.25, 0.3) is 0 Å². The van der Waals surface area contributed by atoms with Crippen molar-refractivity contribution in [2.75, 3.05) is 13.6 Å². The maximum absolute atomic E-state index is 10.9. The van der Waals surface area contributed by atoms with Crippen molar-refractivity contribution in [3.05, 3.63) is 82.0 Å². The third-order valence-electron chi connectivity index (χ3n) is 5.12. The number of nitrogens with zero attached hydrogens (tertiary/aromatic N) is 3. The number of halogens is 1. The number of rotatable bonds is 2. The van der Waals surface area contributed by atoms with E-state index in [9.17, 15) is 5.11 Å². The van der Waals surface area contributed by atoms with Gasteiger partial charge in [-0.05, 0) is 61.0 Å². The molecule has 5 heteroatoms. The van der Waals surface area contributed by atoms with Gasteiger partial charge in [-0.25, -0.2) is 0 Å². The number of β-amino-alcohol motifs (C(OH)–C–C–N with tert-alkyl or cyclic N) is 1. The SMILES string of the molecule is Cc1ccc(-c2ccc3c(c2)CN(C)CC(O)C3c2ccc(Cl)cc2)nn1. The van der Waals surface area contributed by atoms with E-state index in [2.05, 4.69) is 33.3 Å². The Balaban J connectivity index is 1.80. The first-order valence-corrected chi connectivity index (χ1v) is 9.44. The quantitative estimate of drug-likeness (QED) is 0.730. The largest absolute Gasteiger partial charge is 0.391 e. The Kier molecular flexibility index (Phi) is 4.96. The predicted octanol–water partition coefficient (Wildman–Crippen LogP) is 4.04. The zero-order valence-electron chi connectivity index (χ0n) is 15.4. The summed E-state index contributed by atoms with van der Waals surface area (Å²) in [6.45, 7) is 3.33. The highest BCUT2D eigenvalue weighted by atomic mass is 35.5. The normalized spacial score (nSPS) is 20.1. The van der Waals surface area contributed by atoms with Crippen LogP contribution in [0.2, 0.25) is 5.02 Å². The monoisotopic (exact) mass is 379 g/mol. The lowest BCUT2D eigenvalue weighted by atomic mass is 9.84. The van der Waals surface area contributed by atoms with Crippen molar-refractivity contribution in [1.29, 1.82) is 0 Å². The Labute approximate surface area is 164 Å². The molecule has 0 saturated heterocycles. The molecule has 1 aliphatic heterocycles. The molecule has 4 nitrogen and oxygen atoms in total. The average Bonchev–Trinajstić information content (AvgIpc) is 2.77. The zero-order chi connectivity index (χ0) is 19.0. The van der Waals surface area contributed by atoms with Crippen LogP contribution in [0.5, 0.6) is 0 Å². The lowest BCUT2D eigenvalue weighted by Crippen LogP contribution is -2.30. The Hall–Kier alpha value is -2.27. The van der Waals surface area contributed by atoms with Crippen molar-refractivity contribution in [2.24, 2.45) is 0 Å². The van der Waals surface area contributed by atoms with E-state index in [1.807, 2.05) is 50.4 Å². The summed E-state index contributed by atoms with van der Waals surface area (Å²) in [5.74, 6) is -0.0830. The molecule has 0 spiro atoms. The molecule has 4 rings (SSSR count). The molecule has 138 valence electrons. The molecule has 27 heavy (non-hydrogen) atoms. The molecule has 2 unspecified atom stereocenters. The van der Waals surface area contributed by atoms with Crippen molar-refractivity contribution in [2.45, 2.75) is 25.5 Å². The minimum Gasteiger partial charge on any atom is -0.391 e. The van der Waals surface area contributed by atoms with Gasteiger partial charge in [0.2, 0.25) is 0 Å². The fraction of sp³-hybridized carbons (Fsp3) is 0.273. The van der Waals surface area contributed by atoms with Gasteiger partial charge in [0.15, 0.2) is 0 Å². The van der Waals surface area contributed by atoms with Gasteiger partial charge in [0.05, 0.1) is 17.5 Å². The molecule has 0 fully saturated rings. The van der Waals surface area contributed by atoms with E-state index in [0.717, 1.165) is 34.6 Å². The van der Waals surface area contributed by atoms with Gasteiger partial charge in [-0.3, -0.25) is 4.90 Å². The van der Waals surface area contributed by atoms with Gasteiger partial charge >= 0.3 is 0 Å². The Bertz CT molecular complexity index is 941. The number of aliphatic hydroxyl groups excluding tert-OH is 1. The van der Waals surface area contributed by atoms with E-state index in [4.69, 9.17) is 11.6 Å². The first-order chi connectivity index (χ1) is 13.0. The van der Waals surface area contributed by atoms with Crippen LogP contribution in [0.25, 0.3) is 11.3 Å². The number of aryl methyl sites for hydroxylation is 1. The van der Waals surface area contributed by atoms with Gasteiger partial charge in [-0.1, -0.05) is 35.9 Å². The number of likely N-dealkylation sites (N-methyl/N-ethyl adjacent to an activating group) is 1. The van der Waals surface area contributed by atoms with Crippen molar-refractivity contribution >= 4 is 11.6 Å². The van der Waals surface area contributed by atoms with Gasteiger partial charge < -0.3 is 5.11 Å². The number of fused-ring (bicyclic) bond motifs is 1. The third-order valence-corrected chi connectivity index (χ3v) is 5.38. The second-order valence-electron chi connectivity index (χ2n) is 7.27. The number of hydrogen-bond donors (Lipinski definition) is 1. The van der Waals surface area contributed by atoms with Crippen LogP contribution in [0.3, 0.4) is 0 Å². The van der Waals surface area contributed by atoms with Gasteiger partial charge in [0.1, 0.15) is 0 Å². The molecule has 0 radical (unpaired) electrons. The van der Waals surface area contributed by atoms with E-state index in [1.165, 1.54) is 5.56 Å². The van der Waals surface area contributed by atoms with Gasteiger partial charge in [-0.2, -0.15) is 10.2 Å². The summed E-state index contributed by atoms with van der Waals surface area (Å²) < 4.78 is 0. The van der Waals surface area contributed by atoms with Crippen LogP contribution >= 0.6 is 11.6 Å². The summed E-state index contributed by atoms with van der Waals surface area (Å²) in [6.07, 6.45) is -0.484. The zero-order valence-corrected chi connectivity index (χ0v) is 16.2. The van der Waals surface area contributed by atoms with Crippen molar-refractivity contribution < 1.29 is 5.11 Å². The highest BCUT2D eigenvalue weighted by Crippen LogP contribution is 2.36. The molecule has 1 N–H and O–H groups in total. The molecule has 0 amide bonds. The molecule has 0 saturated carbocycles. The van der Waals surface area contributed by atoms with Crippen LogP contribution in [0.15, 0.2) is 54.6 Å². The smallest absolute Gasteiger partial charge is 0.0929 e. The maximum Gasteiger partial charge on any atom is 0.0929 e. The van der Waals surface area contributed by atoms with Crippen LogP contribution in [0.1, 0.15) is 28.3 Å². The van der Waals surface area contributed by atoms with E-state index in [-0.39, 0.29) is 5.92 Å². The van der Waals surface area contributed by atoms with Crippen molar-refractivity contribution in [1.82, 2.24) is 15.1 Å². The topological polar surface area (TPSA) is 49.2 Å². The van der Waals surface area contributed by atoms with E-state index < -0.39 is 6.10 Å². The molecule has 2 atom stereocenters. The predicted molar refractivity (Wildman–Crippen MR) is 108 cm³/mol. The number of aliphatic hydroxyl groups is 1. The molecule has 2 heterocycles. The van der Waals surface area contributed by atoms with E-state index in [0.29, 0.717) is 11.6 Å². The highest BCUT2D eigenvalue weighted by Gasteiger charge is 2.30. The second-order valence-corrected chi connectivity index (χ2v) is 7.70. The Morgan fingerprint density at radius 1 is 1.04 bits per heavy atom. The van der Waals surface area contributed by atoms with Gasteiger partial charge in [0, 0.05) is 29.6 Å². The molecule has 3 aromatic rings. The second kappa shape index (κ2) is 7.39. The summed E-state index contributed by atoms with van der Waals surface area (Å²) >= 11 is 6.06. The minimum absolute atomic E-state index is 0.0830. The minimum atomic E-state index is -0.484. The summed E-state index contributed by atoms with van der Waals surface area (Å²) in [6, 6.07) is 18.1. The van der Waals surface area contributed by atoms with Gasteiger partial charge in [-0.15, -0.1) is 0 Å². The fourth-order valence-corrected chi connectivity index (χ4v) is 3.94. The summed E-state index contributed by atoms with van der Waals surface area (Å²) in [5.41, 5.74) is 6.23. The van der Waals surface area contributed by atoms with Crippen LogP contribution in [-0.2, 0) is 6.54 Å². The Morgan fingerprint density at radius 3 is 2.52 bits per heavy atom. The van der Waals surface area contributed by atoms with Crippen LogP contribution in [-0.4, -0.2) is 39.9 Å². The van der Waals surface area contributed by atoms with Crippen molar-refractivity contribution in [3.63, 3.8) is 0 Å². The molecule has 1 aliphatic rings. The molecule has 1 aromatic heterocycles. The van der Waals surface area contributed by atoms with E-state index >= 15 is 0 Å². The Morgan fingerprint density at radius 2 is 1.81 bits per heavy atom. The number of hydrogen-bond acceptors (Lipinski definition) is 4. The van der Waals surface area contributed by atoms with Crippen LogP contribution < -0.4 is 0 Å². The standard InChI is InChI=1S/C22H22ClN3O/c1-14-3-10-20(25-24-14)16-6-9-19-17(11-16)12-26(2)13-21(27)22(19)15-4-7-18(23)8-5-15/h3-11,21-22,27H,12-13H2,1-2H3. The number of benzene rings is 2. The fourth-order valence-electron chi connectivity index (χ4n) is 3.82. The lowest BCUT2D eigenvalue weighted by Gasteiger charge is -2.24. The number of aromatic nitrogens is 2. The van der Waals surface area contributed by atoms with Crippen LogP contribution in [0, 0.1) is 6.92 Å². The molecular weight excluding hydrogens is 358 g/mol. The van der Waals surface area contributed by atoms with E-state index in [1.54, 1.807) is 0 Å². The summed E-state index contributed by atoms with van der Waals surface area (Å²) in [4.78, 5) is 2.16. The first kappa shape index (κ1) is 18.1. The molecular formula is C22H22ClN3O. The molecule has 0 bridgehead atoms. The van der Waals surface area contributed by atoms with Crippen LogP contribution in [0.4, 0.5) is 0 Å². The summed E-state index contributed by atoms with van der Waals surface area (Å²) in [5, 5.41) is 20.1. The highest BCUT2D eigenvalue weighted by molar-refractivity contribution is 6.30. The third kappa shape index (κ3) is 3.74. The first-order valence-electron chi connectivity index (χ1n) is 9.07. The molecule has 0 aliphatic carbocycles. The maximum atomic E-state index is 10.9. The lowest BCUT2D eigenvalue weighted by molar-refractivity contribution is 0.116. The van der Waals surface area contributed by atoms with Crippen molar-refractivity contribution in [3.8, 4) is 11.3 Å². The molecule has 2 aromatic carbocycles. The summed E-state index contributed by atoms with van der Waals surface area (Å²) in [7, 11) is 2.04.